The minimum atomic E-state index is -4.44. The van der Waals surface area contributed by atoms with E-state index in [1.165, 1.54) is 17.4 Å². The molecule has 230 valence electrons. The topological polar surface area (TPSA) is 124 Å². The molecular formula is C29H39ClFN5O4S2. The Morgan fingerprint density at radius 1 is 1.24 bits per heavy atom. The van der Waals surface area contributed by atoms with Gasteiger partial charge in [-0.2, -0.15) is 4.72 Å². The van der Waals surface area contributed by atoms with Gasteiger partial charge in [-0.15, -0.1) is 23.7 Å². The molecule has 13 heteroatoms. The van der Waals surface area contributed by atoms with Crippen molar-refractivity contribution in [3.8, 4) is 10.4 Å². The third-order valence-corrected chi connectivity index (χ3v) is 10.1. The monoisotopic (exact) mass is 639 g/mol. The highest BCUT2D eigenvalue weighted by molar-refractivity contribution is 7.89. The number of thiophene rings is 1. The molecule has 1 aliphatic heterocycles. The number of hydrogen-bond acceptors (Lipinski definition) is 6. The van der Waals surface area contributed by atoms with E-state index in [1.54, 1.807) is 35.7 Å². The first-order valence-corrected chi connectivity index (χ1v) is 16.5. The summed E-state index contributed by atoms with van der Waals surface area (Å²) in [4.78, 5) is 35.4. The Morgan fingerprint density at radius 2 is 1.98 bits per heavy atom. The maximum absolute atomic E-state index is 14.9. The Bertz CT molecular complexity index is 1450. The van der Waals surface area contributed by atoms with E-state index in [4.69, 9.17) is 0 Å². The number of nitrogens with zero attached hydrogens (tertiary/aromatic N) is 2. The Hall–Kier alpha value is -2.80. The number of rotatable bonds is 12. The van der Waals surface area contributed by atoms with Crippen LogP contribution in [0, 0.1) is 18.7 Å². The van der Waals surface area contributed by atoms with E-state index in [-0.39, 0.29) is 42.4 Å². The van der Waals surface area contributed by atoms with Gasteiger partial charge in [-0.3, -0.25) is 9.59 Å². The van der Waals surface area contributed by atoms with Crippen LogP contribution in [0.4, 0.5) is 10.1 Å². The molecule has 2 amide bonds. The van der Waals surface area contributed by atoms with Crippen molar-refractivity contribution in [2.45, 2.75) is 76.7 Å². The number of carbonyl (C=O) groups is 2. The summed E-state index contributed by atoms with van der Waals surface area (Å²) in [5, 5.41) is 4.46. The summed E-state index contributed by atoms with van der Waals surface area (Å²) in [6.07, 6.45) is 5.81. The Balaban J connectivity index is 0.00000484. The van der Waals surface area contributed by atoms with Crippen LogP contribution in [0.1, 0.15) is 63.8 Å². The number of aromatic nitrogens is 2. The van der Waals surface area contributed by atoms with Gasteiger partial charge in [0.2, 0.25) is 21.8 Å². The summed E-state index contributed by atoms with van der Waals surface area (Å²) in [6, 6.07) is 4.55. The molecule has 0 bridgehead atoms. The SMILES string of the molecule is CCC(=O)Nc1c(-c2cccs2)cc(F)cc1S(=O)(=O)N[C@@H](CCCc1nc[nH]c1C)C(=O)N1CCC(CC)CC1.Cl. The number of carbonyl (C=O) groups excluding carboxylic acids is 2. The zero-order chi connectivity index (χ0) is 29.6. The van der Waals surface area contributed by atoms with Crippen molar-refractivity contribution < 1.29 is 22.4 Å². The summed E-state index contributed by atoms with van der Waals surface area (Å²) in [5.74, 6) is -0.922. The number of benzene rings is 1. The fourth-order valence-electron chi connectivity index (χ4n) is 5.16. The summed E-state index contributed by atoms with van der Waals surface area (Å²) in [5.41, 5.74) is 2.04. The molecule has 0 saturated carbocycles. The number of anilines is 1. The van der Waals surface area contributed by atoms with Gasteiger partial charge in [0, 0.05) is 35.6 Å². The van der Waals surface area contributed by atoms with Crippen LogP contribution in [0.3, 0.4) is 0 Å². The third kappa shape index (κ3) is 8.18. The van der Waals surface area contributed by atoms with Crippen LogP contribution in [-0.2, 0) is 26.0 Å². The van der Waals surface area contributed by atoms with Crippen molar-refractivity contribution in [3.63, 3.8) is 0 Å². The first-order chi connectivity index (χ1) is 19.6. The molecule has 4 rings (SSSR count). The highest BCUT2D eigenvalue weighted by atomic mass is 35.5. The molecule has 1 aliphatic rings. The highest BCUT2D eigenvalue weighted by Crippen LogP contribution is 2.37. The number of aryl methyl sites for hydroxylation is 2. The lowest BCUT2D eigenvalue weighted by molar-refractivity contribution is -0.134. The standard InChI is InChI=1S/C29H38FN5O4S2.ClH/c1-4-20-11-13-35(14-12-20)29(37)24(9-6-8-23-19(3)31-18-32-23)34-41(38,39)26-17-21(30)16-22(25-10-7-15-40-25)28(26)33-27(36)5-2;/h7,10,15-18,20,24,34H,4-6,8-9,11-14H2,1-3H3,(H,31,32)(H,33,36);1H/t24-;/m0./s1. The number of sulfonamides is 1. The van der Waals surface area contributed by atoms with E-state index < -0.39 is 32.7 Å². The number of H-pyrrole nitrogens is 1. The largest absolute Gasteiger partial charge is 0.348 e. The molecule has 42 heavy (non-hydrogen) atoms. The zero-order valence-corrected chi connectivity index (χ0v) is 26.6. The third-order valence-electron chi connectivity index (χ3n) is 7.67. The number of aromatic amines is 1. The van der Waals surface area contributed by atoms with Crippen LogP contribution in [0.25, 0.3) is 10.4 Å². The number of likely N-dealkylation sites (tertiary alicyclic amines) is 1. The number of halogens is 2. The van der Waals surface area contributed by atoms with Crippen LogP contribution in [0.5, 0.6) is 0 Å². The quantitative estimate of drug-likeness (QED) is 0.235. The van der Waals surface area contributed by atoms with Crippen LogP contribution < -0.4 is 10.0 Å². The van der Waals surface area contributed by atoms with Crippen LogP contribution >= 0.6 is 23.7 Å². The number of piperidine rings is 1. The van der Waals surface area contributed by atoms with Gasteiger partial charge in [0.1, 0.15) is 16.8 Å². The molecule has 0 aliphatic carbocycles. The fourth-order valence-corrected chi connectivity index (χ4v) is 7.32. The van der Waals surface area contributed by atoms with Crippen LogP contribution in [0.2, 0.25) is 0 Å². The molecule has 2 aromatic heterocycles. The maximum atomic E-state index is 14.9. The molecule has 3 N–H and O–H groups in total. The number of amides is 2. The first kappa shape index (κ1) is 33.7. The second kappa shape index (κ2) is 15.1. The molecule has 9 nitrogen and oxygen atoms in total. The minimum Gasteiger partial charge on any atom is -0.348 e. The average molecular weight is 640 g/mol. The molecule has 0 radical (unpaired) electrons. The minimum absolute atomic E-state index is 0. The highest BCUT2D eigenvalue weighted by Gasteiger charge is 2.33. The second-order valence-electron chi connectivity index (χ2n) is 10.4. The summed E-state index contributed by atoms with van der Waals surface area (Å²) in [6.45, 7) is 6.82. The molecule has 1 aromatic carbocycles. The molecule has 0 spiro atoms. The van der Waals surface area contributed by atoms with E-state index in [0.29, 0.717) is 36.7 Å². The molecule has 3 heterocycles. The van der Waals surface area contributed by atoms with Gasteiger partial charge in [0.15, 0.2) is 0 Å². The lowest BCUT2D eigenvalue weighted by atomic mass is 9.94. The number of hydrogen-bond donors (Lipinski definition) is 3. The zero-order valence-electron chi connectivity index (χ0n) is 24.1. The lowest BCUT2D eigenvalue weighted by Gasteiger charge is -2.34. The molecule has 1 saturated heterocycles. The van der Waals surface area contributed by atoms with Gasteiger partial charge in [0.25, 0.3) is 0 Å². The van der Waals surface area contributed by atoms with E-state index in [1.807, 2.05) is 6.92 Å². The molecular weight excluding hydrogens is 601 g/mol. The van der Waals surface area contributed by atoms with E-state index >= 15 is 0 Å². The van der Waals surface area contributed by atoms with Crippen molar-refractivity contribution in [1.29, 1.82) is 0 Å². The van der Waals surface area contributed by atoms with Gasteiger partial charge in [-0.25, -0.2) is 17.8 Å². The van der Waals surface area contributed by atoms with Crippen LogP contribution in [0.15, 0.2) is 40.9 Å². The van der Waals surface area contributed by atoms with Gasteiger partial charge in [-0.05, 0) is 68.5 Å². The van der Waals surface area contributed by atoms with E-state index in [0.717, 1.165) is 36.7 Å². The second-order valence-corrected chi connectivity index (χ2v) is 13.1. The lowest BCUT2D eigenvalue weighted by Crippen LogP contribution is -2.50. The maximum Gasteiger partial charge on any atom is 0.243 e. The molecule has 0 unspecified atom stereocenters. The van der Waals surface area contributed by atoms with Gasteiger partial charge >= 0.3 is 0 Å². The molecule has 3 aromatic rings. The summed E-state index contributed by atoms with van der Waals surface area (Å²) in [7, 11) is -4.44. The van der Waals surface area contributed by atoms with Gasteiger partial charge < -0.3 is 15.2 Å². The van der Waals surface area contributed by atoms with Crippen molar-refractivity contribution in [2.24, 2.45) is 5.92 Å². The molecule has 1 atom stereocenters. The predicted octanol–water partition coefficient (Wildman–Crippen LogP) is 5.67. The van der Waals surface area contributed by atoms with E-state index in [2.05, 4.69) is 26.9 Å². The van der Waals surface area contributed by atoms with Crippen molar-refractivity contribution >= 4 is 51.3 Å². The van der Waals surface area contributed by atoms with Crippen molar-refractivity contribution in [3.05, 3.63) is 53.2 Å². The van der Waals surface area contributed by atoms with Crippen LogP contribution in [-0.4, -0.2) is 54.2 Å². The summed E-state index contributed by atoms with van der Waals surface area (Å²) >= 11 is 1.30. The Kier molecular flexibility index (Phi) is 12.1. The number of nitrogens with one attached hydrogen (secondary N) is 3. The normalized spacial score (nSPS) is 14.8. The average Bonchev–Trinajstić information content (AvgIpc) is 3.65. The first-order valence-electron chi connectivity index (χ1n) is 14.1. The number of imidazole rings is 1. The van der Waals surface area contributed by atoms with Crippen molar-refractivity contribution in [2.75, 3.05) is 18.4 Å². The summed E-state index contributed by atoms with van der Waals surface area (Å²) < 4.78 is 45.4. The fraction of sp³-hybridized carbons (Fsp3) is 0.483. The van der Waals surface area contributed by atoms with Crippen molar-refractivity contribution in [1.82, 2.24) is 19.6 Å². The van der Waals surface area contributed by atoms with Gasteiger partial charge in [-0.1, -0.05) is 26.3 Å². The van der Waals surface area contributed by atoms with E-state index in [9.17, 15) is 22.4 Å². The smallest absolute Gasteiger partial charge is 0.243 e. The molecule has 1 fully saturated rings. The van der Waals surface area contributed by atoms with Gasteiger partial charge in [0.05, 0.1) is 17.7 Å². The predicted molar refractivity (Wildman–Crippen MR) is 166 cm³/mol. The Morgan fingerprint density at radius 3 is 2.57 bits per heavy atom. The Labute approximate surface area is 257 Å².